The molecule has 2 aromatic rings. The second-order valence-corrected chi connectivity index (χ2v) is 13.5. The summed E-state index contributed by atoms with van der Waals surface area (Å²) in [7, 11) is -3.38. The first-order chi connectivity index (χ1) is 16.8. The van der Waals surface area contributed by atoms with Gasteiger partial charge >= 0.3 is 6.09 Å². The molecule has 2 aromatic heterocycles. The van der Waals surface area contributed by atoms with Crippen molar-refractivity contribution in [1.82, 2.24) is 20.0 Å². The molecule has 1 fully saturated rings. The fourth-order valence-electron chi connectivity index (χ4n) is 4.77. The molecule has 36 heavy (non-hydrogen) atoms. The summed E-state index contributed by atoms with van der Waals surface area (Å²) in [5.41, 5.74) is -1.78. The lowest BCUT2D eigenvalue weighted by Crippen LogP contribution is -2.70. The SMILES string of the molecule is CC1(C)C(NC(=O)O)=N[C@](C)(c2nc(NC(=O)c3ncc(Cl)cc3Cl)ccc2F)[C@H]2CCCN[SH]21=O. The first-order valence-corrected chi connectivity index (χ1v) is 13.6. The van der Waals surface area contributed by atoms with Crippen LogP contribution in [0.5, 0.6) is 0 Å². The van der Waals surface area contributed by atoms with E-state index in [0.717, 1.165) is 6.07 Å². The molecule has 194 valence electrons. The number of anilines is 1. The monoisotopic (exact) mass is 558 g/mol. The zero-order chi connectivity index (χ0) is 26.5. The van der Waals surface area contributed by atoms with Crippen LogP contribution in [0.15, 0.2) is 29.4 Å². The van der Waals surface area contributed by atoms with Crippen LogP contribution in [0.3, 0.4) is 0 Å². The molecule has 14 heteroatoms. The van der Waals surface area contributed by atoms with Gasteiger partial charge in [-0.15, -0.1) is 0 Å². The van der Waals surface area contributed by atoms with Crippen molar-refractivity contribution in [1.29, 1.82) is 0 Å². The van der Waals surface area contributed by atoms with Crippen LogP contribution < -0.4 is 15.4 Å². The van der Waals surface area contributed by atoms with Gasteiger partial charge in [0, 0.05) is 12.7 Å². The van der Waals surface area contributed by atoms with Crippen molar-refractivity contribution < 1.29 is 23.3 Å². The van der Waals surface area contributed by atoms with Crippen molar-refractivity contribution >= 4 is 57.0 Å². The van der Waals surface area contributed by atoms with Crippen molar-refractivity contribution in [2.75, 3.05) is 11.9 Å². The molecule has 1 saturated heterocycles. The van der Waals surface area contributed by atoms with E-state index in [4.69, 9.17) is 23.2 Å². The zero-order valence-electron chi connectivity index (χ0n) is 19.6. The molecule has 4 rings (SSSR count). The van der Waals surface area contributed by atoms with Gasteiger partial charge in [-0.05, 0) is 61.9 Å². The number of fused-ring (bicyclic) bond motifs is 1. The number of hydrogen-bond acceptors (Lipinski definition) is 6. The maximum atomic E-state index is 15.3. The summed E-state index contributed by atoms with van der Waals surface area (Å²) in [5.74, 6) is -1.51. The Hall–Kier alpha value is -2.67. The highest BCUT2D eigenvalue weighted by Crippen LogP contribution is 2.48. The number of amidine groups is 1. The Balaban J connectivity index is 1.81. The highest BCUT2D eigenvalue weighted by molar-refractivity contribution is 8.04. The number of aliphatic imine (C=N–C) groups is 1. The lowest BCUT2D eigenvalue weighted by atomic mass is 9.88. The molecule has 0 spiro atoms. The van der Waals surface area contributed by atoms with Crippen molar-refractivity contribution in [2.45, 2.75) is 49.1 Å². The van der Waals surface area contributed by atoms with E-state index in [2.05, 4.69) is 30.3 Å². The van der Waals surface area contributed by atoms with E-state index in [-0.39, 0.29) is 33.1 Å². The number of nitrogens with one attached hydrogen (secondary N) is 3. The fourth-order valence-corrected chi connectivity index (χ4v) is 8.98. The van der Waals surface area contributed by atoms with Gasteiger partial charge in [0.1, 0.15) is 34.4 Å². The van der Waals surface area contributed by atoms with Crippen LogP contribution in [0.4, 0.5) is 15.0 Å². The average Bonchev–Trinajstić information content (AvgIpc) is 2.78. The standard InChI is InChI=1S/C22H25Cl2FN6O4S/c1-21(2)19(30-20(33)34)31-22(3,14-5-4-8-27-36(14,21)35)17-13(25)6-7-15(28-17)29-18(32)16-12(24)9-11(23)10-26-16/h6-7,9-10,14,36H,4-5,8H2,1-3H3,(H,27,35)(H,30,31)(H,33,34)(H,28,29,32)/t14-,22+/m1/s1. The van der Waals surface area contributed by atoms with E-state index in [1.165, 1.54) is 18.3 Å². The number of aromatic nitrogens is 2. The third-order valence-electron chi connectivity index (χ3n) is 6.66. The molecule has 0 radical (unpaired) electrons. The van der Waals surface area contributed by atoms with E-state index in [9.17, 15) is 18.9 Å². The number of nitrogens with zero attached hydrogens (tertiary/aromatic N) is 3. The minimum atomic E-state index is -3.38. The summed E-state index contributed by atoms with van der Waals surface area (Å²) in [4.78, 5) is 37.1. The predicted molar refractivity (Wildman–Crippen MR) is 137 cm³/mol. The van der Waals surface area contributed by atoms with E-state index < -0.39 is 43.5 Å². The quantitative estimate of drug-likeness (QED) is 0.364. The average molecular weight is 559 g/mol. The summed E-state index contributed by atoms with van der Waals surface area (Å²) in [6, 6.07) is 3.73. The van der Waals surface area contributed by atoms with Crippen LogP contribution in [-0.4, -0.2) is 53.7 Å². The van der Waals surface area contributed by atoms with Crippen molar-refractivity contribution in [3.63, 3.8) is 0 Å². The highest BCUT2D eigenvalue weighted by Gasteiger charge is 2.58. The Kier molecular flexibility index (Phi) is 6.84. The third-order valence-corrected chi connectivity index (χ3v) is 11.4. The first-order valence-electron chi connectivity index (χ1n) is 11.0. The number of carbonyl (C=O) groups excluding carboxylic acids is 1. The van der Waals surface area contributed by atoms with Gasteiger partial charge in [0.2, 0.25) is 0 Å². The molecule has 0 bridgehead atoms. The zero-order valence-corrected chi connectivity index (χ0v) is 22.0. The largest absolute Gasteiger partial charge is 0.465 e. The fraction of sp³-hybridized carbons (Fsp3) is 0.409. The number of pyridine rings is 2. The molecule has 0 unspecified atom stereocenters. The van der Waals surface area contributed by atoms with Gasteiger partial charge in [-0.25, -0.2) is 19.2 Å². The molecule has 0 saturated carbocycles. The predicted octanol–water partition coefficient (Wildman–Crippen LogP) is 3.53. The highest BCUT2D eigenvalue weighted by atomic mass is 35.5. The minimum absolute atomic E-state index is 0.0168. The molecular weight excluding hydrogens is 534 g/mol. The molecule has 4 heterocycles. The van der Waals surface area contributed by atoms with E-state index >= 15 is 4.39 Å². The van der Waals surface area contributed by atoms with Gasteiger partial charge in [0.25, 0.3) is 5.91 Å². The molecule has 4 N–H and O–H groups in total. The van der Waals surface area contributed by atoms with Gasteiger partial charge in [0.15, 0.2) is 0 Å². The minimum Gasteiger partial charge on any atom is -0.465 e. The number of thiol groups is 1. The Bertz CT molecular complexity index is 1340. The van der Waals surface area contributed by atoms with Gasteiger partial charge in [-0.3, -0.25) is 24.0 Å². The molecule has 2 aliphatic rings. The second kappa shape index (κ2) is 9.33. The molecule has 10 nitrogen and oxygen atoms in total. The summed E-state index contributed by atoms with van der Waals surface area (Å²) >= 11 is 11.9. The molecule has 2 atom stereocenters. The Morgan fingerprint density at radius 3 is 2.64 bits per heavy atom. The van der Waals surface area contributed by atoms with E-state index in [0.29, 0.717) is 19.4 Å². The van der Waals surface area contributed by atoms with Crippen molar-refractivity contribution in [3.8, 4) is 0 Å². The Labute approximate surface area is 217 Å². The summed E-state index contributed by atoms with van der Waals surface area (Å²) in [6.45, 7) is 5.34. The van der Waals surface area contributed by atoms with Crippen LogP contribution in [-0.2, 0) is 15.7 Å². The topological polar surface area (TPSA) is 146 Å². The van der Waals surface area contributed by atoms with Gasteiger partial charge < -0.3 is 10.4 Å². The maximum Gasteiger partial charge on any atom is 0.410 e. The summed E-state index contributed by atoms with van der Waals surface area (Å²) in [5, 5.41) is 13.8. The second-order valence-electron chi connectivity index (χ2n) is 9.29. The number of halogens is 3. The summed E-state index contributed by atoms with van der Waals surface area (Å²) in [6.07, 6.45) is 0.996. The lowest BCUT2D eigenvalue weighted by molar-refractivity contribution is 0.102. The molecule has 0 aliphatic carbocycles. The van der Waals surface area contributed by atoms with Crippen LogP contribution in [0.1, 0.15) is 49.8 Å². The maximum absolute atomic E-state index is 15.3. The molecule has 0 aromatic carbocycles. The smallest absolute Gasteiger partial charge is 0.410 e. The molecule has 2 amide bonds. The van der Waals surface area contributed by atoms with Gasteiger partial charge in [-0.1, -0.05) is 23.2 Å². The number of rotatable bonds is 3. The Morgan fingerprint density at radius 1 is 1.25 bits per heavy atom. The normalized spacial score (nSPS) is 25.2. The molecular formula is C22H25Cl2FN6O4S. The summed E-state index contributed by atoms with van der Waals surface area (Å²) < 4.78 is 31.6. The number of hydrogen-bond donors (Lipinski definition) is 5. The van der Waals surface area contributed by atoms with Gasteiger partial charge in [-0.2, -0.15) is 0 Å². The van der Waals surface area contributed by atoms with Crippen LogP contribution in [0.2, 0.25) is 10.0 Å². The number of carboxylic acid groups (broad SMARTS) is 1. The first kappa shape index (κ1) is 26.4. The van der Waals surface area contributed by atoms with Crippen LogP contribution in [0.25, 0.3) is 0 Å². The number of amides is 2. The van der Waals surface area contributed by atoms with E-state index in [1.54, 1.807) is 20.8 Å². The van der Waals surface area contributed by atoms with Crippen LogP contribution in [0, 0.1) is 5.82 Å². The van der Waals surface area contributed by atoms with Crippen molar-refractivity contribution in [2.24, 2.45) is 4.99 Å². The van der Waals surface area contributed by atoms with Crippen LogP contribution >= 0.6 is 23.2 Å². The lowest BCUT2D eigenvalue weighted by Gasteiger charge is -2.56. The number of carbonyl (C=O) groups is 2. The van der Waals surface area contributed by atoms with Crippen molar-refractivity contribution in [3.05, 3.63) is 51.6 Å². The van der Waals surface area contributed by atoms with Gasteiger partial charge in [0.05, 0.1) is 20.0 Å². The molecule has 2 aliphatic heterocycles. The third kappa shape index (κ3) is 4.36. The van der Waals surface area contributed by atoms with E-state index in [1.807, 2.05) is 0 Å². The Morgan fingerprint density at radius 2 is 1.97 bits per heavy atom.